The molecule has 12 heavy (non-hydrogen) atoms. The largest absolute Gasteiger partial charge is 0.393 e. The monoisotopic (exact) mass is 168 g/mol. The van der Waals surface area contributed by atoms with Crippen molar-refractivity contribution in [1.82, 2.24) is 0 Å². The molecule has 1 heteroatoms. The predicted molar refractivity (Wildman–Crippen MR) is 52.0 cm³/mol. The second-order valence-electron chi connectivity index (χ2n) is 3.83. The van der Waals surface area contributed by atoms with E-state index in [-0.39, 0.29) is 6.10 Å². The number of aliphatic hydroxyl groups is 1. The summed E-state index contributed by atoms with van der Waals surface area (Å²) in [4.78, 5) is 0. The minimum atomic E-state index is 0.00808. The van der Waals surface area contributed by atoms with Gasteiger partial charge in [0.2, 0.25) is 0 Å². The molecule has 70 valence electrons. The molecule has 1 unspecified atom stereocenters. The van der Waals surface area contributed by atoms with E-state index in [0.717, 1.165) is 12.8 Å². The van der Waals surface area contributed by atoms with Crippen molar-refractivity contribution in [2.75, 3.05) is 0 Å². The van der Waals surface area contributed by atoms with Crippen LogP contribution in [-0.4, -0.2) is 11.2 Å². The Morgan fingerprint density at radius 2 is 2.08 bits per heavy atom. The van der Waals surface area contributed by atoms with Crippen LogP contribution in [0.25, 0.3) is 0 Å². The molecule has 0 aromatic carbocycles. The molecule has 1 atom stereocenters. The van der Waals surface area contributed by atoms with Crippen LogP contribution in [0.5, 0.6) is 0 Å². The molecule has 0 aliphatic heterocycles. The molecule has 0 heterocycles. The SMILES string of the molecule is C=CCCCCCC(O)C1CC1. The molecule has 0 bridgehead atoms. The van der Waals surface area contributed by atoms with E-state index in [2.05, 4.69) is 6.58 Å². The van der Waals surface area contributed by atoms with Crippen molar-refractivity contribution >= 4 is 0 Å². The second-order valence-corrected chi connectivity index (χ2v) is 3.83. The van der Waals surface area contributed by atoms with Gasteiger partial charge in [0.1, 0.15) is 0 Å². The molecule has 0 spiro atoms. The molecule has 1 aliphatic rings. The molecular formula is C11H20O. The standard InChI is InChI=1S/C11H20O/c1-2-3-4-5-6-7-11(12)10-8-9-10/h2,10-12H,1,3-9H2. The Hall–Kier alpha value is -0.300. The highest BCUT2D eigenvalue weighted by molar-refractivity contribution is 4.80. The van der Waals surface area contributed by atoms with E-state index in [1.807, 2.05) is 6.08 Å². The van der Waals surface area contributed by atoms with Crippen molar-refractivity contribution in [3.8, 4) is 0 Å². The molecule has 0 radical (unpaired) electrons. The zero-order chi connectivity index (χ0) is 8.81. The van der Waals surface area contributed by atoms with Crippen molar-refractivity contribution < 1.29 is 5.11 Å². The summed E-state index contributed by atoms with van der Waals surface area (Å²) in [5, 5.41) is 9.53. The average Bonchev–Trinajstić information content (AvgIpc) is 2.86. The van der Waals surface area contributed by atoms with Gasteiger partial charge in [-0.2, -0.15) is 0 Å². The number of hydrogen-bond donors (Lipinski definition) is 1. The van der Waals surface area contributed by atoms with E-state index < -0.39 is 0 Å². The van der Waals surface area contributed by atoms with E-state index in [9.17, 15) is 5.11 Å². The van der Waals surface area contributed by atoms with Gasteiger partial charge in [0.05, 0.1) is 6.10 Å². The Bertz CT molecular complexity index is 127. The maximum absolute atomic E-state index is 9.53. The Balaban J connectivity index is 1.84. The summed E-state index contributed by atoms with van der Waals surface area (Å²) in [6.45, 7) is 3.68. The summed E-state index contributed by atoms with van der Waals surface area (Å²) in [6, 6.07) is 0. The maximum atomic E-state index is 9.53. The Labute approximate surface area is 75.5 Å². The van der Waals surface area contributed by atoms with Gasteiger partial charge in [0.15, 0.2) is 0 Å². The summed E-state index contributed by atoms with van der Waals surface area (Å²) in [6.07, 6.45) is 10.3. The lowest BCUT2D eigenvalue weighted by Gasteiger charge is -2.07. The molecule has 1 aliphatic carbocycles. The molecule has 1 rings (SSSR count). The van der Waals surface area contributed by atoms with Gasteiger partial charge < -0.3 is 5.11 Å². The molecule has 1 saturated carbocycles. The van der Waals surface area contributed by atoms with Crippen LogP contribution in [0.2, 0.25) is 0 Å². The Morgan fingerprint density at radius 3 is 2.67 bits per heavy atom. The molecule has 1 fully saturated rings. The zero-order valence-electron chi connectivity index (χ0n) is 7.84. The molecule has 1 nitrogen and oxygen atoms in total. The number of unbranched alkanes of at least 4 members (excludes halogenated alkanes) is 3. The highest BCUT2D eigenvalue weighted by Gasteiger charge is 2.28. The fourth-order valence-electron chi connectivity index (χ4n) is 1.54. The fourth-order valence-corrected chi connectivity index (χ4v) is 1.54. The van der Waals surface area contributed by atoms with Gasteiger partial charge >= 0.3 is 0 Å². The van der Waals surface area contributed by atoms with E-state index in [0.29, 0.717) is 5.92 Å². The third-order valence-electron chi connectivity index (χ3n) is 2.57. The fraction of sp³-hybridized carbons (Fsp3) is 0.818. The molecule has 0 aromatic rings. The Kier molecular flexibility index (Phi) is 4.37. The van der Waals surface area contributed by atoms with Crippen molar-refractivity contribution in [3.05, 3.63) is 12.7 Å². The van der Waals surface area contributed by atoms with Crippen LogP contribution in [-0.2, 0) is 0 Å². The summed E-state index contributed by atoms with van der Waals surface area (Å²) in [5.41, 5.74) is 0. The number of allylic oxidation sites excluding steroid dienone is 1. The van der Waals surface area contributed by atoms with Crippen LogP contribution in [0, 0.1) is 5.92 Å². The van der Waals surface area contributed by atoms with Gasteiger partial charge in [-0.05, 0) is 38.0 Å². The van der Waals surface area contributed by atoms with E-state index >= 15 is 0 Å². The molecule has 0 amide bonds. The van der Waals surface area contributed by atoms with Gasteiger partial charge in [-0.25, -0.2) is 0 Å². The average molecular weight is 168 g/mol. The highest BCUT2D eigenvalue weighted by atomic mass is 16.3. The van der Waals surface area contributed by atoms with Crippen LogP contribution in [0.3, 0.4) is 0 Å². The van der Waals surface area contributed by atoms with E-state index in [1.165, 1.54) is 32.1 Å². The van der Waals surface area contributed by atoms with Crippen LogP contribution in [0.1, 0.15) is 44.9 Å². The first-order valence-corrected chi connectivity index (χ1v) is 5.13. The van der Waals surface area contributed by atoms with Gasteiger partial charge in [0.25, 0.3) is 0 Å². The number of rotatable bonds is 7. The van der Waals surface area contributed by atoms with Crippen molar-refractivity contribution in [2.24, 2.45) is 5.92 Å². The molecule has 1 N–H and O–H groups in total. The third-order valence-corrected chi connectivity index (χ3v) is 2.57. The second kappa shape index (κ2) is 5.36. The van der Waals surface area contributed by atoms with Gasteiger partial charge in [-0.1, -0.05) is 18.9 Å². The molecular weight excluding hydrogens is 148 g/mol. The van der Waals surface area contributed by atoms with E-state index in [1.54, 1.807) is 0 Å². The third kappa shape index (κ3) is 3.91. The summed E-state index contributed by atoms with van der Waals surface area (Å²) in [7, 11) is 0. The molecule has 0 aromatic heterocycles. The minimum Gasteiger partial charge on any atom is -0.393 e. The summed E-state index contributed by atoms with van der Waals surface area (Å²) >= 11 is 0. The predicted octanol–water partition coefficient (Wildman–Crippen LogP) is 2.89. The lowest BCUT2D eigenvalue weighted by atomic mass is 10.1. The minimum absolute atomic E-state index is 0.00808. The van der Waals surface area contributed by atoms with Crippen LogP contribution in [0.15, 0.2) is 12.7 Å². The first-order valence-electron chi connectivity index (χ1n) is 5.13. The lowest BCUT2D eigenvalue weighted by molar-refractivity contribution is 0.138. The maximum Gasteiger partial charge on any atom is 0.0568 e. The van der Waals surface area contributed by atoms with Crippen LogP contribution < -0.4 is 0 Å². The van der Waals surface area contributed by atoms with Gasteiger partial charge in [-0.15, -0.1) is 6.58 Å². The first kappa shape index (κ1) is 9.79. The zero-order valence-corrected chi connectivity index (χ0v) is 7.84. The van der Waals surface area contributed by atoms with Crippen molar-refractivity contribution in [1.29, 1.82) is 0 Å². The quantitative estimate of drug-likeness (QED) is 0.458. The summed E-state index contributed by atoms with van der Waals surface area (Å²) < 4.78 is 0. The topological polar surface area (TPSA) is 20.2 Å². The smallest absolute Gasteiger partial charge is 0.0568 e. The Morgan fingerprint density at radius 1 is 1.33 bits per heavy atom. The van der Waals surface area contributed by atoms with Gasteiger partial charge in [0, 0.05) is 0 Å². The summed E-state index contributed by atoms with van der Waals surface area (Å²) in [5.74, 6) is 0.657. The normalized spacial score (nSPS) is 19.1. The van der Waals surface area contributed by atoms with Crippen LogP contribution >= 0.6 is 0 Å². The number of aliphatic hydroxyl groups excluding tert-OH is 1. The lowest BCUT2D eigenvalue weighted by Crippen LogP contribution is -2.08. The van der Waals surface area contributed by atoms with Crippen LogP contribution in [0.4, 0.5) is 0 Å². The van der Waals surface area contributed by atoms with Crippen molar-refractivity contribution in [2.45, 2.75) is 51.0 Å². The molecule has 0 saturated heterocycles. The number of hydrogen-bond acceptors (Lipinski definition) is 1. The first-order chi connectivity index (χ1) is 5.84. The van der Waals surface area contributed by atoms with E-state index in [4.69, 9.17) is 0 Å². The van der Waals surface area contributed by atoms with Crippen molar-refractivity contribution in [3.63, 3.8) is 0 Å². The highest BCUT2D eigenvalue weighted by Crippen LogP contribution is 2.34. The van der Waals surface area contributed by atoms with Gasteiger partial charge in [-0.3, -0.25) is 0 Å².